The number of rotatable bonds is 1. The maximum Gasteiger partial charge on any atom is 0.421 e. The average molecular weight is 336 g/mol. The van der Waals surface area contributed by atoms with Gasteiger partial charge >= 0.3 is 12.4 Å². The highest BCUT2D eigenvalue weighted by Gasteiger charge is 2.81. The van der Waals surface area contributed by atoms with Crippen molar-refractivity contribution in [2.24, 2.45) is 5.92 Å². The topological polar surface area (TPSA) is 33.2 Å². The number of carbonyl (C=O) groups is 1. The molecular formula is C14H10F6N2O. The van der Waals surface area contributed by atoms with Crippen molar-refractivity contribution in [3.8, 4) is 0 Å². The monoisotopic (exact) mass is 336 g/mol. The van der Waals surface area contributed by atoms with Crippen LogP contribution in [0.1, 0.15) is 16.8 Å². The Hall–Kier alpha value is -2.06. The maximum absolute atomic E-state index is 13.5. The minimum Gasteiger partial charge on any atom is -0.309 e. The first-order chi connectivity index (χ1) is 10.6. The second kappa shape index (κ2) is 4.72. The molecule has 2 atom stereocenters. The van der Waals surface area contributed by atoms with Crippen molar-refractivity contribution in [1.82, 2.24) is 9.88 Å². The summed E-state index contributed by atoms with van der Waals surface area (Å²) < 4.78 is 81.2. The van der Waals surface area contributed by atoms with Crippen molar-refractivity contribution in [2.45, 2.75) is 30.4 Å². The van der Waals surface area contributed by atoms with E-state index in [2.05, 4.69) is 4.98 Å². The first kappa shape index (κ1) is 15.8. The molecule has 0 N–H and O–H groups in total. The van der Waals surface area contributed by atoms with E-state index in [9.17, 15) is 31.1 Å². The van der Waals surface area contributed by atoms with Gasteiger partial charge < -0.3 is 4.90 Å². The third kappa shape index (κ3) is 1.98. The molecule has 124 valence electrons. The summed E-state index contributed by atoms with van der Waals surface area (Å²) in [6.45, 7) is 0. The van der Waals surface area contributed by atoms with Crippen LogP contribution in [-0.2, 0) is 0 Å². The molecule has 23 heavy (non-hydrogen) atoms. The molecule has 2 bridgehead atoms. The molecular weight excluding hydrogens is 326 g/mol. The largest absolute Gasteiger partial charge is 0.421 e. The van der Waals surface area contributed by atoms with Crippen LogP contribution in [-0.4, -0.2) is 39.7 Å². The lowest BCUT2D eigenvalue weighted by Crippen LogP contribution is -2.70. The standard InChI is InChI=1S/C14H10F6N2O/c15-13(16,17)12(14(18,19)20)9-3-4-10(6-9)22(12)11(23)8-2-1-5-21-7-8/h1-5,7,9-10H,6H2/t9-,10+/m0/s1. The summed E-state index contributed by atoms with van der Waals surface area (Å²) in [5, 5.41) is 0. The van der Waals surface area contributed by atoms with Crippen LogP contribution in [0.25, 0.3) is 0 Å². The molecule has 0 saturated carbocycles. The quantitative estimate of drug-likeness (QED) is 0.582. The highest BCUT2D eigenvalue weighted by atomic mass is 19.4. The van der Waals surface area contributed by atoms with Gasteiger partial charge in [-0.2, -0.15) is 26.3 Å². The Kier molecular flexibility index (Phi) is 3.24. The van der Waals surface area contributed by atoms with Gasteiger partial charge in [0.1, 0.15) is 0 Å². The molecule has 0 unspecified atom stereocenters. The first-order valence-electron chi connectivity index (χ1n) is 6.66. The van der Waals surface area contributed by atoms with Gasteiger partial charge in [0, 0.05) is 18.3 Å². The van der Waals surface area contributed by atoms with E-state index in [1.54, 1.807) is 0 Å². The minimum absolute atomic E-state index is 0.0747. The van der Waals surface area contributed by atoms with Gasteiger partial charge in [-0.3, -0.25) is 9.78 Å². The molecule has 3 nitrogen and oxygen atoms in total. The third-order valence-electron chi connectivity index (χ3n) is 4.30. The Balaban J connectivity index is 2.18. The molecule has 1 aromatic heterocycles. The smallest absolute Gasteiger partial charge is 0.309 e. The predicted octanol–water partition coefficient (Wildman–Crippen LogP) is 3.35. The molecule has 9 heteroatoms. The second-order valence-electron chi connectivity index (χ2n) is 5.47. The normalized spacial score (nSPS) is 25.9. The van der Waals surface area contributed by atoms with Crippen molar-refractivity contribution >= 4 is 5.91 Å². The number of amides is 1. The molecule has 0 radical (unpaired) electrons. The number of alkyl halides is 6. The fourth-order valence-corrected chi connectivity index (χ4v) is 3.41. The van der Waals surface area contributed by atoms with Gasteiger partial charge in [0.25, 0.3) is 5.91 Å². The summed E-state index contributed by atoms with van der Waals surface area (Å²) in [6, 6.07) is 1.18. The molecule has 1 aliphatic carbocycles. The Bertz CT molecular complexity index is 637. The number of nitrogens with zero attached hydrogens (tertiary/aromatic N) is 2. The summed E-state index contributed by atoms with van der Waals surface area (Å²) >= 11 is 0. The van der Waals surface area contributed by atoms with Crippen molar-refractivity contribution in [3.05, 3.63) is 42.2 Å². The van der Waals surface area contributed by atoms with Crippen molar-refractivity contribution in [1.29, 1.82) is 0 Å². The van der Waals surface area contributed by atoms with E-state index in [4.69, 9.17) is 0 Å². The van der Waals surface area contributed by atoms with Gasteiger partial charge in [-0.05, 0) is 18.6 Å². The van der Waals surface area contributed by atoms with E-state index in [1.807, 2.05) is 0 Å². The molecule has 1 fully saturated rings. The molecule has 1 saturated heterocycles. The van der Waals surface area contributed by atoms with Crippen LogP contribution in [0.5, 0.6) is 0 Å². The molecule has 0 aromatic carbocycles. The maximum atomic E-state index is 13.5. The zero-order chi connectivity index (χ0) is 17.0. The third-order valence-corrected chi connectivity index (χ3v) is 4.30. The molecule has 1 aliphatic heterocycles. The van der Waals surface area contributed by atoms with Gasteiger partial charge in [0.05, 0.1) is 11.6 Å². The van der Waals surface area contributed by atoms with Gasteiger partial charge in [-0.15, -0.1) is 0 Å². The molecule has 0 spiro atoms. The van der Waals surface area contributed by atoms with Crippen LogP contribution in [0.4, 0.5) is 26.3 Å². The van der Waals surface area contributed by atoms with Crippen molar-refractivity contribution in [2.75, 3.05) is 0 Å². The molecule has 1 amide bonds. The summed E-state index contributed by atoms with van der Waals surface area (Å²) in [4.78, 5) is 15.9. The van der Waals surface area contributed by atoms with Crippen molar-refractivity contribution < 1.29 is 31.1 Å². The highest BCUT2D eigenvalue weighted by molar-refractivity contribution is 5.95. The van der Waals surface area contributed by atoms with E-state index >= 15 is 0 Å². The van der Waals surface area contributed by atoms with Crippen LogP contribution in [0.15, 0.2) is 36.7 Å². The van der Waals surface area contributed by atoms with Gasteiger partial charge in [-0.25, -0.2) is 0 Å². The van der Waals surface area contributed by atoms with Crippen LogP contribution in [0.3, 0.4) is 0 Å². The fraction of sp³-hybridized carbons (Fsp3) is 0.429. The highest BCUT2D eigenvalue weighted by Crippen LogP contribution is 2.60. The number of aromatic nitrogens is 1. The van der Waals surface area contributed by atoms with Gasteiger partial charge in [-0.1, -0.05) is 12.2 Å². The zero-order valence-electron chi connectivity index (χ0n) is 11.4. The minimum atomic E-state index is -5.65. The number of fused-ring (bicyclic) bond motifs is 2. The summed E-state index contributed by atoms with van der Waals surface area (Å²) in [5.74, 6) is -3.17. The van der Waals surface area contributed by atoms with Crippen LogP contribution >= 0.6 is 0 Å². The lowest BCUT2D eigenvalue weighted by molar-refractivity contribution is -0.336. The lowest BCUT2D eigenvalue weighted by Gasteiger charge is -2.46. The number of halogens is 6. The number of pyridine rings is 1. The van der Waals surface area contributed by atoms with E-state index in [0.717, 1.165) is 18.3 Å². The number of hydrogen-bond donors (Lipinski definition) is 0. The van der Waals surface area contributed by atoms with E-state index in [-0.39, 0.29) is 10.5 Å². The SMILES string of the molecule is O=C(c1cccnc1)N1[C@@H]2C=C[C@@H](C2)C1(C(F)(F)F)C(F)(F)F. The Morgan fingerprint density at radius 2 is 1.83 bits per heavy atom. The summed E-state index contributed by atoms with van der Waals surface area (Å²) in [7, 11) is 0. The number of carbonyl (C=O) groups excluding carboxylic acids is 1. The molecule has 1 aromatic rings. The van der Waals surface area contributed by atoms with E-state index in [1.165, 1.54) is 18.3 Å². The predicted molar refractivity (Wildman–Crippen MR) is 66.3 cm³/mol. The van der Waals surface area contributed by atoms with Crippen LogP contribution < -0.4 is 0 Å². The lowest BCUT2D eigenvalue weighted by atomic mass is 9.83. The van der Waals surface area contributed by atoms with Gasteiger partial charge in [0.2, 0.25) is 5.54 Å². The number of hydrogen-bond acceptors (Lipinski definition) is 2. The molecule has 2 heterocycles. The fourth-order valence-electron chi connectivity index (χ4n) is 3.41. The summed E-state index contributed by atoms with van der Waals surface area (Å²) in [5.41, 5.74) is -4.52. The Labute approximate surface area is 126 Å². The Morgan fingerprint density at radius 1 is 1.17 bits per heavy atom. The average Bonchev–Trinajstić information content (AvgIpc) is 3.04. The number of likely N-dealkylation sites (tertiary alicyclic amines) is 1. The first-order valence-corrected chi connectivity index (χ1v) is 6.66. The van der Waals surface area contributed by atoms with Crippen LogP contribution in [0.2, 0.25) is 0 Å². The van der Waals surface area contributed by atoms with E-state index in [0.29, 0.717) is 0 Å². The second-order valence-corrected chi connectivity index (χ2v) is 5.47. The Morgan fingerprint density at radius 3 is 2.35 bits per heavy atom. The van der Waals surface area contributed by atoms with Gasteiger partial charge in [0.15, 0.2) is 0 Å². The molecule has 3 rings (SSSR count). The van der Waals surface area contributed by atoms with Crippen molar-refractivity contribution in [3.63, 3.8) is 0 Å². The summed E-state index contributed by atoms with van der Waals surface area (Å²) in [6.07, 6.45) is -7.35. The zero-order valence-corrected chi connectivity index (χ0v) is 11.4. The van der Waals surface area contributed by atoms with E-state index < -0.39 is 42.2 Å². The van der Waals surface area contributed by atoms with Crippen LogP contribution in [0, 0.1) is 5.92 Å². The molecule has 2 aliphatic rings.